The van der Waals surface area contributed by atoms with E-state index in [2.05, 4.69) is 21.2 Å². The van der Waals surface area contributed by atoms with Crippen LogP contribution in [0.2, 0.25) is 0 Å². The summed E-state index contributed by atoms with van der Waals surface area (Å²) in [5.74, 6) is 1.50. The average molecular weight is 390 g/mol. The number of hydrogen-bond donors (Lipinski definition) is 1. The third-order valence-electron chi connectivity index (χ3n) is 6.33. The maximum Gasteiger partial charge on any atom is 0.226 e. The van der Waals surface area contributed by atoms with Crippen molar-refractivity contribution in [2.24, 2.45) is 5.92 Å². The Bertz CT molecular complexity index is 903. The lowest BCUT2D eigenvalue weighted by atomic mass is 9.93. The van der Waals surface area contributed by atoms with Gasteiger partial charge in [-0.05, 0) is 37.4 Å². The topological polar surface area (TPSA) is 77.3 Å². The molecule has 0 amide bonds. The largest absolute Gasteiger partial charge is 0.378 e. The summed E-state index contributed by atoms with van der Waals surface area (Å²) in [5.41, 5.74) is 3.66. The van der Waals surface area contributed by atoms with Crippen LogP contribution in [0.15, 0.2) is 30.5 Å². The molecule has 0 spiro atoms. The van der Waals surface area contributed by atoms with Crippen molar-refractivity contribution in [2.75, 3.05) is 55.7 Å². The lowest BCUT2D eigenvalue weighted by Gasteiger charge is -2.35. The van der Waals surface area contributed by atoms with Crippen LogP contribution in [0.4, 0.5) is 11.6 Å². The Hall–Kier alpha value is -2.69. The van der Waals surface area contributed by atoms with E-state index in [-0.39, 0.29) is 0 Å². The highest BCUT2D eigenvalue weighted by atomic mass is 16.5. The van der Waals surface area contributed by atoms with Crippen molar-refractivity contribution in [3.05, 3.63) is 36.0 Å². The number of aromatic nitrogens is 2. The van der Waals surface area contributed by atoms with Crippen LogP contribution in [0, 0.1) is 17.2 Å². The molecule has 2 unspecified atom stereocenters. The van der Waals surface area contributed by atoms with E-state index in [0.29, 0.717) is 17.5 Å². The highest BCUT2D eigenvalue weighted by Gasteiger charge is 2.33. The Morgan fingerprint density at radius 1 is 1.07 bits per heavy atom. The zero-order valence-electron chi connectivity index (χ0n) is 16.5. The molecule has 3 aliphatic heterocycles. The van der Waals surface area contributed by atoms with Crippen LogP contribution in [0.3, 0.4) is 0 Å². The minimum atomic E-state index is 0.650. The molecule has 150 valence electrons. The summed E-state index contributed by atoms with van der Waals surface area (Å²) >= 11 is 0. The Kier molecular flexibility index (Phi) is 5.04. The first-order chi connectivity index (χ1) is 14.3. The second-order valence-electron chi connectivity index (χ2n) is 8.04. The molecule has 3 aliphatic rings. The second-order valence-corrected chi connectivity index (χ2v) is 8.04. The minimum Gasteiger partial charge on any atom is -0.378 e. The van der Waals surface area contributed by atoms with Crippen LogP contribution in [-0.4, -0.2) is 61.9 Å². The molecule has 7 heteroatoms. The number of hydrogen-bond acceptors (Lipinski definition) is 7. The van der Waals surface area contributed by atoms with E-state index in [9.17, 15) is 0 Å². The minimum absolute atomic E-state index is 0.650. The molecule has 2 aromatic rings. The zero-order chi connectivity index (χ0) is 19.6. The fraction of sp³-hybridized carbons (Fsp3) is 0.500. The number of benzene rings is 1. The predicted molar refractivity (Wildman–Crippen MR) is 112 cm³/mol. The first kappa shape index (κ1) is 18.3. The predicted octanol–water partition coefficient (Wildman–Crippen LogP) is 2.04. The van der Waals surface area contributed by atoms with E-state index < -0.39 is 0 Å². The highest BCUT2D eigenvalue weighted by Crippen LogP contribution is 2.33. The molecule has 4 heterocycles. The number of rotatable bonds is 3. The fourth-order valence-corrected chi connectivity index (χ4v) is 4.70. The third-order valence-corrected chi connectivity index (χ3v) is 6.33. The van der Waals surface area contributed by atoms with E-state index in [1.165, 1.54) is 6.42 Å². The third kappa shape index (κ3) is 3.66. The Balaban J connectivity index is 1.49. The molecule has 0 saturated carbocycles. The van der Waals surface area contributed by atoms with Gasteiger partial charge in [-0.25, -0.2) is 9.97 Å². The van der Waals surface area contributed by atoms with Gasteiger partial charge in [-0.15, -0.1) is 0 Å². The number of fused-ring (bicyclic) bond motifs is 1. The van der Waals surface area contributed by atoms with E-state index in [1.54, 1.807) is 0 Å². The quantitative estimate of drug-likeness (QED) is 0.859. The molecule has 3 fully saturated rings. The molecule has 5 rings (SSSR count). The highest BCUT2D eigenvalue weighted by molar-refractivity contribution is 5.76. The van der Waals surface area contributed by atoms with Gasteiger partial charge in [-0.1, -0.05) is 12.1 Å². The fourth-order valence-electron chi connectivity index (χ4n) is 4.70. The van der Waals surface area contributed by atoms with Crippen LogP contribution < -0.4 is 15.1 Å². The summed E-state index contributed by atoms with van der Waals surface area (Å²) < 4.78 is 5.52. The number of ether oxygens (including phenoxy) is 1. The Morgan fingerprint density at radius 3 is 2.69 bits per heavy atom. The molecule has 29 heavy (non-hydrogen) atoms. The van der Waals surface area contributed by atoms with Crippen molar-refractivity contribution >= 4 is 11.6 Å². The van der Waals surface area contributed by atoms with Gasteiger partial charge in [0.1, 0.15) is 0 Å². The smallest absolute Gasteiger partial charge is 0.226 e. The standard InChI is InChI=1S/C22H26N6O/c23-13-16-1-3-17(4-2-16)21-20(27-9-11-29-12-10-27)14-25-22(26-21)28-8-6-19-18(15-28)5-7-24-19/h1-4,14,18-19,24H,5-12,15H2. The van der Waals surface area contributed by atoms with E-state index >= 15 is 0 Å². The lowest BCUT2D eigenvalue weighted by molar-refractivity contribution is 0.122. The SMILES string of the molecule is N#Cc1ccc(-c2nc(N3CCC4NCCC4C3)ncc2N2CCOCC2)cc1. The van der Waals surface area contributed by atoms with Gasteiger partial charge >= 0.3 is 0 Å². The van der Waals surface area contributed by atoms with E-state index in [1.807, 2.05) is 30.5 Å². The van der Waals surface area contributed by atoms with Crippen LogP contribution in [0.25, 0.3) is 11.3 Å². The summed E-state index contributed by atoms with van der Waals surface area (Å²) in [6, 6.07) is 10.5. The summed E-state index contributed by atoms with van der Waals surface area (Å²) in [6.07, 6.45) is 4.35. The van der Waals surface area contributed by atoms with Crippen molar-refractivity contribution in [3.63, 3.8) is 0 Å². The van der Waals surface area contributed by atoms with Gasteiger partial charge in [-0.2, -0.15) is 5.26 Å². The molecule has 3 saturated heterocycles. The maximum absolute atomic E-state index is 9.14. The van der Waals surface area contributed by atoms with Gasteiger partial charge in [0.15, 0.2) is 0 Å². The number of nitrogens with one attached hydrogen (secondary N) is 1. The Morgan fingerprint density at radius 2 is 1.90 bits per heavy atom. The van der Waals surface area contributed by atoms with Crippen molar-refractivity contribution in [2.45, 2.75) is 18.9 Å². The molecule has 2 atom stereocenters. The van der Waals surface area contributed by atoms with Crippen molar-refractivity contribution in [1.82, 2.24) is 15.3 Å². The molecule has 0 aliphatic carbocycles. The van der Waals surface area contributed by atoms with Gasteiger partial charge in [0, 0.05) is 37.8 Å². The summed E-state index contributed by atoms with van der Waals surface area (Å²) in [7, 11) is 0. The van der Waals surface area contributed by atoms with Crippen LogP contribution >= 0.6 is 0 Å². The van der Waals surface area contributed by atoms with Gasteiger partial charge < -0.3 is 19.9 Å². The summed E-state index contributed by atoms with van der Waals surface area (Å²) in [6.45, 7) is 6.24. The molecular formula is C22H26N6O. The number of morpholine rings is 1. The molecular weight excluding hydrogens is 364 g/mol. The number of nitriles is 1. The van der Waals surface area contributed by atoms with Gasteiger partial charge in [0.2, 0.25) is 5.95 Å². The first-order valence-corrected chi connectivity index (χ1v) is 10.5. The number of anilines is 2. The van der Waals surface area contributed by atoms with Gasteiger partial charge in [-0.3, -0.25) is 0 Å². The van der Waals surface area contributed by atoms with Crippen LogP contribution in [-0.2, 0) is 4.74 Å². The van der Waals surface area contributed by atoms with Crippen LogP contribution in [0.1, 0.15) is 18.4 Å². The van der Waals surface area contributed by atoms with Crippen molar-refractivity contribution < 1.29 is 4.74 Å². The number of nitrogens with zero attached hydrogens (tertiary/aromatic N) is 5. The van der Waals surface area contributed by atoms with Gasteiger partial charge in [0.05, 0.1) is 42.4 Å². The first-order valence-electron chi connectivity index (χ1n) is 10.5. The normalized spacial score (nSPS) is 24.2. The lowest BCUT2D eigenvalue weighted by Crippen LogP contribution is -2.45. The zero-order valence-corrected chi connectivity index (χ0v) is 16.5. The summed E-state index contributed by atoms with van der Waals surface area (Å²) in [5, 5.41) is 12.8. The van der Waals surface area contributed by atoms with Crippen molar-refractivity contribution in [3.8, 4) is 17.3 Å². The van der Waals surface area contributed by atoms with E-state index in [4.69, 9.17) is 20.0 Å². The summed E-state index contributed by atoms with van der Waals surface area (Å²) in [4.78, 5) is 14.4. The van der Waals surface area contributed by atoms with E-state index in [0.717, 1.165) is 75.3 Å². The number of piperidine rings is 1. The van der Waals surface area contributed by atoms with Gasteiger partial charge in [0.25, 0.3) is 0 Å². The van der Waals surface area contributed by atoms with Crippen molar-refractivity contribution in [1.29, 1.82) is 5.26 Å². The average Bonchev–Trinajstić information content (AvgIpc) is 3.27. The molecule has 7 nitrogen and oxygen atoms in total. The Labute approximate surface area is 171 Å². The molecule has 0 radical (unpaired) electrons. The molecule has 0 bridgehead atoms. The monoisotopic (exact) mass is 390 g/mol. The molecule has 1 aromatic heterocycles. The molecule has 1 N–H and O–H groups in total. The molecule has 1 aromatic carbocycles. The second kappa shape index (κ2) is 7.97. The van der Waals surface area contributed by atoms with Crippen LogP contribution in [0.5, 0.6) is 0 Å². The maximum atomic E-state index is 9.14.